The Morgan fingerprint density at radius 3 is 2.65 bits per heavy atom. The van der Waals surface area contributed by atoms with Crippen molar-refractivity contribution < 1.29 is 9.53 Å². The Bertz CT molecular complexity index is 1370. The van der Waals surface area contributed by atoms with E-state index in [0.717, 1.165) is 41.0 Å². The Balaban J connectivity index is 1.66. The number of esters is 1. The lowest BCUT2D eigenvalue weighted by Gasteiger charge is -2.19. The standard InChI is InChI=1S/C25H25BrClN5O2/c1-4-34-24(33)22-21(28-25(26)32(22)19-9-10-19)20(17-5-7-18(27)8-6-17)12-16-11-14(2)23-30-29-15(3)31(23)13-16/h5-8,11,13,19-20H,4,9-10,12H2,1-3H3. The van der Waals surface area contributed by atoms with Crippen LogP contribution in [0.2, 0.25) is 5.02 Å². The summed E-state index contributed by atoms with van der Waals surface area (Å²) in [5.74, 6) is 0.306. The molecule has 176 valence electrons. The molecule has 3 aromatic heterocycles. The number of carbonyl (C=O) groups excluding carboxylic acids is 1. The first-order valence-corrected chi connectivity index (χ1v) is 12.6. The van der Waals surface area contributed by atoms with E-state index in [9.17, 15) is 4.79 Å². The van der Waals surface area contributed by atoms with Crippen molar-refractivity contribution in [2.75, 3.05) is 6.61 Å². The van der Waals surface area contributed by atoms with Crippen molar-refractivity contribution in [1.29, 1.82) is 0 Å². The third-order valence-electron chi connectivity index (χ3n) is 6.23. The predicted molar refractivity (Wildman–Crippen MR) is 134 cm³/mol. The number of nitrogens with zero attached hydrogens (tertiary/aromatic N) is 5. The third kappa shape index (κ3) is 4.25. The van der Waals surface area contributed by atoms with Crippen molar-refractivity contribution in [1.82, 2.24) is 24.1 Å². The highest BCUT2D eigenvalue weighted by atomic mass is 79.9. The molecule has 34 heavy (non-hydrogen) atoms. The first-order chi connectivity index (χ1) is 16.4. The summed E-state index contributed by atoms with van der Waals surface area (Å²) in [6.45, 7) is 6.10. The number of carbonyl (C=O) groups is 1. The molecule has 0 bridgehead atoms. The van der Waals surface area contributed by atoms with Crippen LogP contribution < -0.4 is 0 Å². The van der Waals surface area contributed by atoms with Gasteiger partial charge < -0.3 is 9.30 Å². The quantitative estimate of drug-likeness (QED) is 0.274. The van der Waals surface area contributed by atoms with Crippen LogP contribution in [0.5, 0.6) is 0 Å². The summed E-state index contributed by atoms with van der Waals surface area (Å²) in [5, 5.41) is 9.16. The topological polar surface area (TPSA) is 74.3 Å². The zero-order valence-electron chi connectivity index (χ0n) is 19.3. The van der Waals surface area contributed by atoms with Crippen LogP contribution in [0.4, 0.5) is 0 Å². The number of imidazole rings is 1. The van der Waals surface area contributed by atoms with Gasteiger partial charge in [-0.25, -0.2) is 9.78 Å². The highest BCUT2D eigenvalue weighted by molar-refractivity contribution is 9.10. The Morgan fingerprint density at radius 1 is 1.24 bits per heavy atom. The molecule has 7 nitrogen and oxygen atoms in total. The van der Waals surface area contributed by atoms with Gasteiger partial charge in [-0.1, -0.05) is 29.8 Å². The summed E-state index contributed by atoms with van der Waals surface area (Å²) in [6, 6.07) is 10.1. The fraction of sp³-hybridized carbons (Fsp3) is 0.360. The summed E-state index contributed by atoms with van der Waals surface area (Å²) < 4.78 is 10.1. The van der Waals surface area contributed by atoms with Gasteiger partial charge in [-0.15, -0.1) is 10.2 Å². The van der Waals surface area contributed by atoms with Gasteiger partial charge in [0.1, 0.15) is 5.82 Å². The maximum atomic E-state index is 13.2. The van der Waals surface area contributed by atoms with E-state index in [4.69, 9.17) is 21.3 Å². The van der Waals surface area contributed by atoms with Crippen molar-refractivity contribution in [3.05, 3.63) is 80.2 Å². The summed E-state index contributed by atoms with van der Waals surface area (Å²) in [7, 11) is 0. The van der Waals surface area contributed by atoms with Crippen LogP contribution in [-0.2, 0) is 11.2 Å². The van der Waals surface area contributed by atoms with E-state index in [2.05, 4.69) is 38.4 Å². The molecule has 0 aliphatic heterocycles. The van der Waals surface area contributed by atoms with E-state index >= 15 is 0 Å². The van der Waals surface area contributed by atoms with Crippen molar-refractivity contribution in [3.8, 4) is 0 Å². The molecule has 1 aliphatic rings. The third-order valence-corrected chi connectivity index (χ3v) is 7.05. The van der Waals surface area contributed by atoms with Crippen LogP contribution in [-0.4, -0.2) is 36.7 Å². The van der Waals surface area contributed by atoms with Gasteiger partial charge in [-0.05, 0) is 84.8 Å². The van der Waals surface area contributed by atoms with Gasteiger partial charge in [0, 0.05) is 23.2 Å². The first kappa shape index (κ1) is 23.1. The number of aromatic nitrogens is 5. The van der Waals surface area contributed by atoms with Gasteiger partial charge in [0.05, 0.1) is 12.3 Å². The molecule has 0 radical (unpaired) electrons. The molecule has 0 saturated heterocycles. The lowest BCUT2D eigenvalue weighted by Crippen LogP contribution is -2.17. The molecule has 0 spiro atoms. The van der Waals surface area contributed by atoms with Crippen LogP contribution in [0.15, 0.2) is 41.3 Å². The van der Waals surface area contributed by atoms with Gasteiger partial charge in [0.25, 0.3) is 0 Å². The summed E-state index contributed by atoms with van der Waals surface area (Å²) in [6.07, 6.45) is 4.75. The number of benzene rings is 1. The maximum Gasteiger partial charge on any atom is 0.356 e. The summed E-state index contributed by atoms with van der Waals surface area (Å²) >= 11 is 9.81. The van der Waals surface area contributed by atoms with Crippen LogP contribution in [0.25, 0.3) is 5.65 Å². The smallest absolute Gasteiger partial charge is 0.356 e. The van der Waals surface area contributed by atoms with Crippen molar-refractivity contribution in [3.63, 3.8) is 0 Å². The number of hydrogen-bond donors (Lipinski definition) is 0. The molecule has 1 fully saturated rings. The molecular formula is C25H25BrClN5O2. The van der Waals surface area contributed by atoms with E-state index in [0.29, 0.717) is 34.2 Å². The Kier molecular flexibility index (Phi) is 6.20. The van der Waals surface area contributed by atoms with Crippen LogP contribution in [0.1, 0.15) is 70.4 Å². The molecule has 1 atom stereocenters. The monoisotopic (exact) mass is 541 g/mol. The molecule has 3 heterocycles. The van der Waals surface area contributed by atoms with E-state index in [-0.39, 0.29) is 17.9 Å². The average molecular weight is 543 g/mol. The van der Waals surface area contributed by atoms with Crippen molar-refractivity contribution in [2.24, 2.45) is 0 Å². The number of ether oxygens (including phenoxy) is 1. The summed E-state index contributed by atoms with van der Waals surface area (Å²) in [4.78, 5) is 18.0. The fourth-order valence-electron chi connectivity index (χ4n) is 4.49. The largest absolute Gasteiger partial charge is 0.461 e. The van der Waals surface area contributed by atoms with Crippen LogP contribution in [0.3, 0.4) is 0 Å². The molecule has 1 aromatic carbocycles. The van der Waals surface area contributed by atoms with Gasteiger partial charge in [0.2, 0.25) is 0 Å². The van der Waals surface area contributed by atoms with Gasteiger partial charge in [0.15, 0.2) is 16.1 Å². The van der Waals surface area contributed by atoms with Crippen molar-refractivity contribution in [2.45, 2.75) is 52.0 Å². The molecule has 0 N–H and O–H groups in total. The number of halogens is 2. The van der Waals surface area contributed by atoms with Gasteiger partial charge in [-0.3, -0.25) is 4.40 Å². The van der Waals surface area contributed by atoms with Crippen LogP contribution in [0, 0.1) is 13.8 Å². The first-order valence-electron chi connectivity index (χ1n) is 11.4. The number of fused-ring (bicyclic) bond motifs is 1. The molecule has 4 aromatic rings. The number of aryl methyl sites for hydroxylation is 2. The zero-order chi connectivity index (χ0) is 24.0. The fourth-order valence-corrected chi connectivity index (χ4v) is 5.27. The van der Waals surface area contributed by atoms with E-state index in [1.54, 1.807) is 0 Å². The molecular weight excluding hydrogens is 518 g/mol. The Hall–Kier alpha value is -2.71. The molecule has 0 amide bonds. The maximum absolute atomic E-state index is 13.2. The van der Waals surface area contributed by atoms with Crippen LogP contribution >= 0.6 is 27.5 Å². The van der Waals surface area contributed by atoms with E-state index < -0.39 is 0 Å². The minimum absolute atomic E-state index is 0.179. The molecule has 1 aliphatic carbocycles. The molecule has 1 saturated carbocycles. The number of hydrogen-bond acceptors (Lipinski definition) is 5. The number of rotatable bonds is 7. The van der Waals surface area contributed by atoms with E-state index in [1.165, 1.54) is 0 Å². The lowest BCUT2D eigenvalue weighted by atomic mass is 9.88. The SMILES string of the molecule is CCOC(=O)c1c(C(Cc2cc(C)c3nnc(C)n3c2)c2ccc(Cl)cc2)nc(Br)n1C1CC1. The van der Waals surface area contributed by atoms with Gasteiger partial charge >= 0.3 is 5.97 Å². The summed E-state index contributed by atoms with van der Waals surface area (Å²) in [5.41, 5.74) is 5.24. The predicted octanol–water partition coefficient (Wildman–Crippen LogP) is 5.84. The Labute approximate surface area is 211 Å². The minimum Gasteiger partial charge on any atom is -0.461 e. The molecule has 1 unspecified atom stereocenters. The second-order valence-electron chi connectivity index (χ2n) is 8.72. The van der Waals surface area contributed by atoms with Gasteiger partial charge in [-0.2, -0.15) is 0 Å². The number of pyridine rings is 1. The second kappa shape index (κ2) is 9.15. The highest BCUT2D eigenvalue weighted by Crippen LogP contribution is 2.42. The highest BCUT2D eigenvalue weighted by Gasteiger charge is 2.36. The lowest BCUT2D eigenvalue weighted by molar-refractivity contribution is 0.0511. The Morgan fingerprint density at radius 2 is 1.97 bits per heavy atom. The van der Waals surface area contributed by atoms with E-state index in [1.807, 2.05) is 54.0 Å². The van der Waals surface area contributed by atoms with Crippen molar-refractivity contribution >= 4 is 39.1 Å². The molecule has 5 rings (SSSR count). The normalized spacial score (nSPS) is 14.5. The second-order valence-corrected chi connectivity index (χ2v) is 9.86. The minimum atomic E-state index is -0.345. The zero-order valence-corrected chi connectivity index (χ0v) is 21.6. The molecule has 9 heteroatoms. The average Bonchev–Trinajstić information content (AvgIpc) is 3.49.